The van der Waals surface area contributed by atoms with E-state index < -0.39 is 114 Å². The average Bonchev–Trinajstić information content (AvgIpc) is 4.34. The SMILES string of the molecule is NC(N)=NCCCC(NC(=O)C1CCCN1C(=O)C(CCCN=C(N)N)NC(=O)C1CCCN1C(=O)C(Cc1c[nH]c2ccccc12)NC(=O)C1CCCN1C(=O)C1CCCN1C(=O)C(N)CO)C(=O)N1CCCC1C(=O)O. The second kappa shape index (κ2) is 26.7. The summed E-state index contributed by atoms with van der Waals surface area (Å²) in [6.07, 6.45) is 6.00. The lowest BCUT2D eigenvalue weighted by molar-refractivity contribution is -0.150. The van der Waals surface area contributed by atoms with Crippen molar-refractivity contribution in [2.45, 2.75) is 151 Å². The molecule has 426 valence electrons. The molecule has 16 N–H and O–H groups in total. The summed E-state index contributed by atoms with van der Waals surface area (Å²) in [5, 5.41) is 28.9. The highest BCUT2D eigenvalue weighted by atomic mass is 16.4. The fourth-order valence-electron chi connectivity index (χ4n) is 11.6. The van der Waals surface area contributed by atoms with Crippen LogP contribution in [0.25, 0.3) is 10.9 Å². The van der Waals surface area contributed by atoms with Crippen LogP contribution in [0, 0.1) is 0 Å². The molecule has 0 bridgehead atoms. The van der Waals surface area contributed by atoms with E-state index in [4.69, 9.17) is 28.7 Å². The van der Waals surface area contributed by atoms with Gasteiger partial charge in [0.25, 0.3) is 0 Å². The summed E-state index contributed by atoms with van der Waals surface area (Å²) in [4.78, 5) is 144. The summed E-state index contributed by atoms with van der Waals surface area (Å²) in [5.74, 6) is -6.10. The first-order valence-electron chi connectivity index (χ1n) is 27.1. The molecule has 0 aliphatic carbocycles. The fourth-order valence-corrected chi connectivity index (χ4v) is 11.6. The number of aliphatic hydroxyl groups is 1. The minimum atomic E-state index is -1.23. The fraction of sp³-hybridized carbons (Fsp3) is 0.627. The number of guanidine groups is 2. The standard InChI is InChI=1S/C51H76N16O11/c52-31(28-68)44(72)66-24-8-17-39(66)48(76)65-23-7-16-38(65)43(71)62-35(26-29-27-59-32-11-2-1-10-30(29)32)47(75)64-22-6-15-37(64)42(70)60-33(12-3-19-57-50(53)54)45(73)63-21-5-14-36(63)41(69)61-34(13-4-20-58-51(55)56)46(74)67-25-9-18-40(67)49(77)78/h1-2,10-11,27,31,33-40,59,68H,3-9,12-26,28,52H2,(H,60,70)(H,61,69)(H,62,71)(H,77,78)(H4,53,54,57)(H4,55,56,58). The Balaban J connectivity index is 1.09. The summed E-state index contributed by atoms with van der Waals surface area (Å²) in [7, 11) is 0. The minimum absolute atomic E-state index is 0.00918. The molecule has 78 heavy (non-hydrogen) atoms. The van der Waals surface area contributed by atoms with Crippen molar-refractivity contribution in [1.29, 1.82) is 0 Å². The molecule has 9 atom stereocenters. The van der Waals surface area contributed by atoms with Crippen LogP contribution < -0.4 is 44.6 Å². The van der Waals surface area contributed by atoms with Crippen molar-refractivity contribution in [3.63, 3.8) is 0 Å². The van der Waals surface area contributed by atoms with Crippen LogP contribution in [0.5, 0.6) is 0 Å². The van der Waals surface area contributed by atoms with E-state index in [1.165, 1.54) is 24.5 Å². The van der Waals surface area contributed by atoms with E-state index in [2.05, 4.69) is 30.9 Å². The topological polar surface area (TPSA) is 417 Å². The Labute approximate surface area is 451 Å². The van der Waals surface area contributed by atoms with E-state index in [-0.39, 0.29) is 109 Å². The van der Waals surface area contributed by atoms with Gasteiger partial charge in [0.15, 0.2) is 11.9 Å². The lowest BCUT2D eigenvalue weighted by Gasteiger charge is -2.34. The van der Waals surface area contributed by atoms with Gasteiger partial charge in [-0.05, 0) is 102 Å². The van der Waals surface area contributed by atoms with Gasteiger partial charge in [0.2, 0.25) is 47.3 Å². The number of fused-ring (bicyclic) bond motifs is 1. The number of nitrogens with one attached hydrogen (secondary N) is 4. The van der Waals surface area contributed by atoms with Crippen LogP contribution >= 0.6 is 0 Å². The lowest BCUT2D eigenvalue weighted by Crippen LogP contribution is -2.60. The van der Waals surface area contributed by atoms with Crippen molar-refractivity contribution in [2.24, 2.45) is 38.7 Å². The Hall–Kier alpha value is -7.55. The van der Waals surface area contributed by atoms with Crippen LogP contribution in [0.1, 0.15) is 95.5 Å². The quantitative estimate of drug-likeness (QED) is 0.0294. The number of rotatable bonds is 23. The number of nitrogens with two attached hydrogens (primary N) is 5. The number of aromatic amines is 1. The minimum Gasteiger partial charge on any atom is -0.480 e. The molecule has 5 saturated heterocycles. The summed E-state index contributed by atoms with van der Waals surface area (Å²) < 4.78 is 0. The normalized spacial score (nSPS) is 22.6. The van der Waals surface area contributed by atoms with Gasteiger partial charge in [0.1, 0.15) is 54.4 Å². The highest BCUT2D eigenvalue weighted by Gasteiger charge is 2.46. The van der Waals surface area contributed by atoms with E-state index in [1.807, 2.05) is 24.3 Å². The molecule has 5 aliphatic heterocycles. The molecule has 5 fully saturated rings. The molecule has 7 rings (SSSR count). The summed E-state index contributed by atoms with van der Waals surface area (Å²) in [6, 6.07) is -2.42. The zero-order valence-corrected chi connectivity index (χ0v) is 43.9. The van der Waals surface area contributed by atoms with E-state index in [9.17, 15) is 48.6 Å². The number of hydrogen-bond donors (Lipinski definition) is 11. The van der Waals surface area contributed by atoms with Gasteiger partial charge in [-0.1, -0.05) is 18.2 Å². The number of H-pyrrole nitrogens is 1. The highest BCUT2D eigenvalue weighted by molar-refractivity contribution is 5.99. The third-order valence-corrected chi connectivity index (χ3v) is 15.5. The molecule has 9 unspecified atom stereocenters. The molecule has 5 aliphatic rings. The predicted octanol–water partition coefficient (Wildman–Crippen LogP) is -3.37. The molecule has 0 radical (unpaired) electrons. The number of aromatic nitrogens is 1. The lowest BCUT2D eigenvalue weighted by atomic mass is 10.0. The molecule has 8 amide bonds. The summed E-state index contributed by atoms with van der Waals surface area (Å²) >= 11 is 0. The number of hydrogen-bond acceptors (Lipinski definition) is 13. The van der Waals surface area contributed by atoms with Crippen molar-refractivity contribution in [2.75, 3.05) is 52.4 Å². The molecule has 2 aromatic rings. The Kier molecular flexibility index (Phi) is 19.9. The predicted molar refractivity (Wildman–Crippen MR) is 284 cm³/mol. The average molecular weight is 1090 g/mol. The van der Waals surface area contributed by atoms with Gasteiger partial charge in [-0.15, -0.1) is 0 Å². The smallest absolute Gasteiger partial charge is 0.326 e. The van der Waals surface area contributed by atoms with Crippen molar-refractivity contribution < 1.29 is 53.4 Å². The molecule has 1 aromatic heterocycles. The Morgan fingerprint density at radius 1 is 0.577 bits per heavy atom. The van der Waals surface area contributed by atoms with Gasteiger partial charge >= 0.3 is 5.97 Å². The molecular weight excluding hydrogens is 1010 g/mol. The van der Waals surface area contributed by atoms with Gasteiger partial charge in [0.05, 0.1) is 6.61 Å². The Bertz CT molecular complexity index is 2600. The van der Waals surface area contributed by atoms with E-state index in [1.54, 1.807) is 6.20 Å². The third kappa shape index (κ3) is 13.8. The maximum atomic E-state index is 15.0. The maximum absolute atomic E-state index is 15.0. The number of aliphatic imine (C=N–C) groups is 2. The maximum Gasteiger partial charge on any atom is 0.326 e. The Morgan fingerprint density at radius 2 is 0.987 bits per heavy atom. The van der Waals surface area contributed by atoms with Gasteiger partial charge in [-0.2, -0.15) is 0 Å². The van der Waals surface area contributed by atoms with Crippen LogP contribution in [-0.4, -0.2) is 212 Å². The summed E-state index contributed by atoms with van der Waals surface area (Å²) in [5.41, 5.74) is 29.5. The van der Waals surface area contributed by atoms with Crippen molar-refractivity contribution in [1.82, 2.24) is 45.4 Å². The first-order chi connectivity index (χ1) is 37.4. The zero-order chi connectivity index (χ0) is 56.2. The molecule has 27 nitrogen and oxygen atoms in total. The Morgan fingerprint density at radius 3 is 1.47 bits per heavy atom. The number of carboxylic acid groups (broad SMARTS) is 1. The number of aliphatic hydroxyl groups excluding tert-OH is 1. The van der Waals surface area contributed by atoms with Crippen molar-refractivity contribution in [3.05, 3.63) is 36.0 Å². The van der Waals surface area contributed by atoms with Crippen LogP contribution in [0.4, 0.5) is 0 Å². The highest BCUT2D eigenvalue weighted by Crippen LogP contribution is 2.29. The summed E-state index contributed by atoms with van der Waals surface area (Å²) in [6.45, 7) is 0.618. The first-order valence-corrected chi connectivity index (χ1v) is 27.1. The largest absolute Gasteiger partial charge is 0.480 e. The monoisotopic (exact) mass is 1090 g/mol. The van der Waals surface area contributed by atoms with Crippen molar-refractivity contribution >= 4 is 76.0 Å². The van der Waals surface area contributed by atoms with Crippen LogP contribution in [0.15, 0.2) is 40.4 Å². The molecule has 0 spiro atoms. The van der Waals surface area contributed by atoms with Crippen LogP contribution in [0.2, 0.25) is 0 Å². The van der Waals surface area contributed by atoms with Crippen LogP contribution in [0.3, 0.4) is 0 Å². The van der Waals surface area contributed by atoms with Gasteiger partial charge < -0.3 is 84.3 Å². The van der Waals surface area contributed by atoms with Gasteiger partial charge in [0, 0.05) is 69.3 Å². The zero-order valence-electron chi connectivity index (χ0n) is 43.9. The number of likely N-dealkylation sites (tertiary alicyclic amines) is 5. The van der Waals surface area contributed by atoms with Gasteiger partial charge in [-0.25, -0.2) is 4.79 Å². The number of para-hydroxylation sites is 1. The number of amides is 8. The number of carbonyl (C=O) groups is 9. The van der Waals surface area contributed by atoms with E-state index in [0.29, 0.717) is 50.5 Å². The molecule has 0 saturated carbocycles. The second-order valence-corrected chi connectivity index (χ2v) is 20.7. The van der Waals surface area contributed by atoms with E-state index >= 15 is 4.79 Å². The molecule has 27 heteroatoms. The number of benzene rings is 1. The number of aliphatic carboxylic acids is 1. The molecule has 6 heterocycles. The van der Waals surface area contributed by atoms with Crippen LogP contribution in [-0.2, 0) is 49.6 Å². The third-order valence-electron chi connectivity index (χ3n) is 15.5. The van der Waals surface area contributed by atoms with Crippen molar-refractivity contribution in [3.8, 4) is 0 Å². The molecule has 1 aromatic carbocycles. The number of carboxylic acids is 1. The van der Waals surface area contributed by atoms with E-state index in [0.717, 1.165) is 10.9 Å². The second-order valence-electron chi connectivity index (χ2n) is 20.7. The first kappa shape index (κ1) is 58.1. The molecular formula is C51H76N16O11. The number of carbonyl (C=O) groups excluding carboxylic acids is 8. The number of nitrogens with zero attached hydrogens (tertiary/aromatic N) is 7. The van der Waals surface area contributed by atoms with Gasteiger partial charge in [-0.3, -0.25) is 48.3 Å².